The van der Waals surface area contributed by atoms with E-state index >= 15 is 0 Å². The normalized spacial score (nSPS) is 16.1. The van der Waals surface area contributed by atoms with Crippen molar-refractivity contribution >= 4 is 12.0 Å². The Labute approximate surface area is 168 Å². The summed E-state index contributed by atoms with van der Waals surface area (Å²) < 4.78 is 25.3. The molecule has 2 N–H and O–H groups in total. The first-order chi connectivity index (χ1) is 14.1. The van der Waals surface area contributed by atoms with Crippen LogP contribution in [0, 0.1) is 5.82 Å². The molecule has 0 saturated carbocycles. The number of anilines is 1. The van der Waals surface area contributed by atoms with Gasteiger partial charge in [0, 0.05) is 36.3 Å². The molecule has 0 amide bonds. The molecule has 1 aromatic heterocycles. The van der Waals surface area contributed by atoms with Crippen molar-refractivity contribution in [3.63, 3.8) is 0 Å². The van der Waals surface area contributed by atoms with E-state index in [9.17, 15) is 4.39 Å². The van der Waals surface area contributed by atoms with Gasteiger partial charge < -0.3 is 19.9 Å². The Hall–Kier alpha value is -3.19. The molecule has 1 aliphatic heterocycles. The van der Waals surface area contributed by atoms with Crippen LogP contribution >= 0.6 is 0 Å². The Kier molecular flexibility index (Phi) is 5.57. The molecule has 0 radical (unpaired) electrons. The second-order valence-corrected chi connectivity index (χ2v) is 7.00. The van der Waals surface area contributed by atoms with Crippen LogP contribution in [0.25, 0.3) is 17.2 Å². The summed E-state index contributed by atoms with van der Waals surface area (Å²) in [6.07, 6.45) is 1.64. The molecular formula is C22H23FN4O2. The molecule has 150 valence electrons. The third kappa shape index (κ3) is 4.30. The SMILES string of the molecule is CC(C(N)=Cc1nc(N2CCOCC2)no1)c1ccc(-c2ccccc2)c(F)c1. The number of morpholine rings is 1. The molecule has 1 unspecified atom stereocenters. The van der Waals surface area contributed by atoms with Gasteiger partial charge in [-0.25, -0.2) is 4.39 Å². The van der Waals surface area contributed by atoms with Gasteiger partial charge in [-0.15, -0.1) is 0 Å². The van der Waals surface area contributed by atoms with Crippen LogP contribution in [0.4, 0.5) is 10.3 Å². The summed E-state index contributed by atoms with van der Waals surface area (Å²) in [5, 5.41) is 4.01. The molecule has 0 aliphatic carbocycles. The fourth-order valence-corrected chi connectivity index (χ4v) is 3.29. The number of allylic oxidation sites excluding steroid dienone is 1. The van der Waals surface area contributed by atoms with E-state index in [0.29, 0.717) is 36.3 Å². The zero-order chi connectivity index (χ0) is 20.2. The topological polar surface area (TPSA) is 77.4 Å². The second-order valence-electron chi connectivity index (χ2n) is 7.00. The number of benzene rings is 2. The Morgan fingerprint density at radius 3 is 2.66 bits per heavy atom. The smallest absolute Gasteiger partial charge is 0.266 e. The van der Waals surface area contributed by atoms with Gasteiger partial charge in [-0.2, -0.15) is 4.98 Å². The fraction of sp³-hybridized carbons (Fsp3) is 0.273. The van der Waals surface area contributed by atoms with E-state index in [4.69, 9.17) is 15.0 Å². The molecule has 3 aromatic rings. The van der Waals surface area contributed by atoms with E-state index in [0.717, 1.165) is 24.2 Å². The summed E-state index contributed by atoms with van der Waals surface area (Å²) in [7, 11) is 0. The van der Waals surface area contributed by atoms with Crippen LogP contribution in [0.3, 0.4) is 0 Å². The number of aromatic nitrogens is 2. The van der Waals surface area contributed by atoms with Gasteiger partial charge in [-0.3, -0.25) is 0 Å². The highest BCUT2D eigenvalue weighted by atomic mass is 19.1. The lowest BCUT2D eigenvalue weighted by molar-refractivity contribution is 0.121. The first-order valence-corrected chi connectivity index (χ1v) is 9.60. The van der Waals surface area contributed by atoms with E-state index < -0.39 is 0 Å². The molecule has 2 heterocycles. The molecule has 1 saturated heterocycles. The largest absolute Gasteiger partial charge is 0.401 e. The molecule has 1 fully saturated rings. The van der Waals surface area contributed by atoms with Gasteiger partial charge in [-0.05, 0) is 22.3 Å². The first kappa shape index (κ1) is 19.1. The van der Waals surface area contributed by atoms with E-state index in [1.807, 2.05) is 48.2 Å². The predicted molar refractivity (Wildman–Crippen MR) is 110 cm³/mol. The molecule has 6 nitrogen and oxygen atoms in total. The molecule has 1 aliphatic rings. The number of halogens is 1. The summed E-state index contributed by atoms with van der Waals surface area (Å²) in [4.78, 5) is 6.39. The number of ether oxygens (including phenoxy) is 1. The van der Waals surface area contributed by atoms with Gasteiger partial charge in [-0.1, -0.05) is 49.4 Å². The summed E-state index contributed by atoms with van der Waals surface area (Å²) in [6, 6.07) is 14.7. The maximum absolute atomic E-state index is 14.7. The van der Waals surface area contributed by atoms with Gasteiger partial charge in [0.15, 0.2) is 0 Å². The molecule has 29 heavy (non-hydrogen) atoms. The summed E-state index contributed by atoms with van der Waals surface area (Å²) in [5.41, 5.74) is 8.96. The number of hydrogen-bond donors (Lipinski definition) is 1. The fourth-order valence-electron chi connectivity index (χ4n) is 3.29. The monoisotopic (exact) mass is 394 g/mol. The highest BCUT2D eigenvalue weighted by Crippen LogP contribution is 2.28. The van der Waals surface area contributed by atoms with E-state index in [-0.39, 0.29) is 11.7 Å². The summed E-state index contributed by atoms with van der Waals surface area (Å²) >= 11 is 0. The molecule has 7 heteroatoms. The highest BCUT2D eigenvalue weighted by molar-refractivity contribution is 5.64. The maximum atomic E-state index is 14.7. The average Bonchev–Trinajstić information content (AvgIpc) is 3.23. The zero-order valence-corrected chi connectivity index (χ0v) is 16.2. The van der Waals surface area contributed by atoms with Crippen molar-refractivity contribution in [2.45, 2.75) is 12.8 Å². The average molecular weight is 394 g/mol. The molecule has 0 spiro atoms. The van der Waals surface area contributed by atoms with Gasteiger partial charge >= 0.3 is 0 Å². The van der Waals surface area contributed by atoms with Gasteiger partial charge in [0.1, 0.15) is 5.82 Å². The molecular weight excluding hydrogens is 371 g/mol. The van der Waals surface area contributed by atoms with Crippen molar-refractivity contribution in [2.75, 3.05) is 31.2 Å². The lowest BCUT2D eigenvalue weighted by atomic mass is 9.94. The van der Waals surface area contributed by atoms with E-state index in [1.54, 1.807) is 12.1 Å². The van der Waals surface area contributed by atoms with Crippen LogP contribution in [0.5, 0.6) is 0 Å². The Bertz CT molecular complexity index is 997. The molecule has 1 atom stereocenters. The number of nitrogens with zero attached hydrogens (tertiary/aromatic N) is 3. The number of hydrogen-bond acceptors (Lipinski definition) is 6. The minimum absolute atomic E-state index is 0.201. The Balaban J connectivity index is 1.51. The molecule has 2 aromatic carbocycles. The van der Waals surface area contributed by atoms with Crippen LogP contribution in [0.15, 0.2) is 58.8 Å². The lowest BCUT2D eigenvalue weighted by Crippen LogP contribution is -2.36. The second kappa shape index (κ2) is 8.45. The first-order valence-electron chi connectivity index (χ1n) is 9.60. The molecule has 0 bridgehead atoms. The van der Waals surface area contributed by atoms with Crippen molar-refractivity contribution < 1.29 is 13.7 Å². The number of nitrogens with two attached hydrogens (primary N) is 1. The Morgan fingerprint density at radius 2 is 1.93 bits per heavy atom. The summed E-state index contributed by atoms with van der Waals surface area (Å²) in [5.74, 6) is 0.379. The van der Waals surface area contributed by atoms with Crippen molar-refractivity contribution in [2.24, 2.45) is 5.73 Å². The van der Waals surface area contributed by atoms with Crippen LogP contribution in [-0.2, 0) is 4.74 Å². The number of rotatable bonds is 5. The van der Waals surface area contributed by atoms with Crippen LogP contribution < -0.4 is 10.6 Å². The lowest BCUT2D eigenvalue weighted by Gasteiger charge is -2.24. The van der Waals surface area contributed by atoms with Gasteiger partial charge in [0.05, 0.1) is 13.2 Å². The third-order valence-corrected chi connectivity index (χ3v) is 5.09. The Morgan fingerprint density at radius 1 is 1.17 bits per heavy atom. The molecule has 4 rings (SSSR count). The zero-order valence-electron chi connectivity index (χ0n) is 16.2. The quantitative estimate of drug-likeness (QED) is 0.709. The van der Waals surface area contributed by atoms with Crippen molar-refractivity contribution in [3.8, 4) is 11.1 Å². The van der Waals surface area contributed by atoms with Gasteiger partial charge in [0.25, 0.3) is 11.8 Å². The van der Waals surface area contributed by atoms with E-state index in [1.165, 1.54) is 6.07 Å². The third-order valence-electron chi connectivity index (χ3n) is 5.09. The van der Waals surface area contributed by atoms with Crippen LogP contribution in [-0.4, -0.2) is 36.4 Å². The summed E-state index contributed by atoms with van der Waals surface area (Å²) in [6.45, 7) is 4.65. The van der Waals surface area contributed by atoms with Crippen molar-refractivity contribution in [1.29, 1.82) is 0 Å². The van der Waals surface area contributed by atoms with Gasteiger partial charge in [0.2, 0.25) is 0 Å². The minimum atomic E-state index is -0.277. The van der Waals surface area contributed by atoms with Crippen molar-refractivity contribution in [3.05, 3.63) is 71.5 Å². The minimum Gasteiger partial charge on any atom is -0.401 e. The predicted octanol–water partition coefficient (Wildman–Crippen LogP) is 3.82. The maximum Gasteiger partial charge on any atom is 0.266 e. The van der Waals surface area contributed by atoms with Crippen molar-refractivity contribution in [1.82, 2.24) is 10.1 Å². The van der Waals surface area contributed by atoms with E-state index in [2.05, 4.69) is 10.1 Å². The van der Waals surface area contributed by atoms with Crippen LogP contribution in [0.2, 0.25) is 0 Å². The highest BCUT2D eigenvalue weighted by Gasteiger charge is 2.18. The standard InChI is InChI=1S/C22H23FN4O2/c1-15(17-7-8-18(19(23)13-17)16-5-3-2-4-6-16)20(24)14-21-25-22(26-29-21)27-9-11-28-12-10-27/h2-8,13-15H,9-12,24H2,1H3. The van der Waals surface area contributed by atoms with Crippen LogP contribution in [0.1, 0.15) is 24.3 Å².